The summed E-state index contributed by atoms with van der Waals surface area (Å²) in [7, 11) is 0. The van der Waals surface area contributed by atoms with Crippen LogP contribution in [-0.4, -0.2) is 14.7 Å². The van der Waals surface area contributed by atoms with E-state index in [9.17, 15) is 31.4 Å². The van der Waals surface area contributed by atoms with Gasteiger partial charge in [0.25, 0.3) is 0 Å². The van der Waals surface area contributed by atoms with E-state index in [1.54, 1.807) is 0 Å². The van der Waals surface area contributed by atoms with Gasteiger partial charge >= 0.3 is 12.4 Å². The third-order valence-corrected chi connectivity index (χ3v) is 5.85. The largest absolute Gasteiger partial charge is 0.417 e. The van der Waals surface area contributed by atoms with Crippen LogP contribution >= 0.6 is 0 Å². The molecule has 3 aromatic rings. The average Bonchev–Trinajstić information content (AvgIpc) is 3.26. The van der Waals surface area contributed by atoms with Gasteiger partial charge in [0, 0.05) is 17.7 Å². The van der Waals surface area contributed by atoms with E-state index in [1.807, 2.05) is 0 Å². The number of halogens is 7. The van der Waals surface area contributed by atoms with Gasteiger partial charge in [0.1, 0.15) is 11.4 Å². The van der Waals surface area contributed by atoms with Crippen molar-refractivity contribution in [1.82, 2.24) is 9.55 Å². The van der Waals surface area contributed by atoms with Crippen LogP contribution in [0.4, 0.5) is 30.7 Å². The minimum Gasteiger partial charge on any atom is -0.384 e. The van der Waals surface area contributed by atoms with Gasteiger partial charge in [-0.25, -0.2) is 9.37 Å². The Morgan fingerprint density at radius 1 is 0.889 bits per heavy atom. The van der Waals surface area contributed by atoms with Crippen LogP contribution < -0.4 is 0 Å². The first-order valence-corrected chi connectivity index (χ1v) is 10.8. The van der Waals surface area contributed by atoms with Gasteiger partial charge < -0.3 is 5.11 Å². The topological polar surface area (TPSA) is 38.0 Å². The number of imidazole rings is 1. The van der Waals surface area contributed by atoms with Gasteiger partial charge in [0.2, 0.25) is 5.79 Å². The minimum absolute atomic E-state index is 0.0618. The zero-order valence-electron chi connectivity index (χ0n) is 19.1. The normalized spacial score (nSPS) is 20.7. The number of hydrogen-bond acceptors (Lipinski definition) is 2. The Kier molecular flexibility index (Phi) is 6.15. The molecular weight excluding hydrogens is 489 g/mol. The van der Waals surface area contributed by atoms with Crippen LogP contribution in [0.1, 0.15) is 42.1 Å². The number of hydrogen-bond donors (Lipinski definition) is 1. The molecular formula is C26H21F7N2O. The average molecular weight is 510 g/mol. The van der Waals surface area contributed by atoms with Gasteiger partial charge in [-0.1, -0.05) is 48.6 Å². The van der Waals surface area contributed by atoms with Crippen LogP contribution in [0.3, 0.4) is 0 Å². The molecule has 1 N–H and O–H groups in total. The van der Waals surface area contributed by atoms with Crippen LogP contribution in [0, 0.1) is 0 Å². The molecule has 0 fully saturated rings. The Morgan fingerprint density at radius 2 is 1.53 bits per heavy atom. The lowest BCUT2D eigenvalue weighted by Crippen LogP contribution is -2.26. The number of alkyl halides is 7. The number of allylic oxidation sites excluding steroid dienone is 4. The molecule has 0 saturated carbocycles. The quantitative estimate of drug-likeness (QED) is 0.295. The van der Waals surface area contributed by atoms with Crippen molar-refractivity contribution in [1.29, 1.82) is 0 Å². The fraction of sp³-hybridized carbons (Fsp3) is 0.269. The highest BCUT2D eigenvalue weighted by molar-refractivity contribution is 5.63. The maximum Gasteiger partial charge on any atom is 0.417 e. The molecule has 3 nitrogen and oxygen atoms in total. The number of aliphatic hydroxyl groups is 1. The van der Waals surface area contributed by atoms with E-state index in [2.05, 4.69) is 4.98 Å². The van der Waals surface area contributed by atoms with Crippen LogP contribution in [0.2, 0.25) is 0 Å². The molecule has 0 atom stereocenters. The number of nitrogens with zero attached hydrogens (tertiary/aromatic N) is 2. The Balaban J connectivity index is 1.79. The van der Waals surface area contributed by atoms with E-state index < -0.39 is 40.8 Å². The van der Waals surface area contributed by atoms with Gasteiger partial charge in [-0.2, -0.15) is 26.3 Å². The summed E-state index contributed by atoms with van der Waals surface area (Å²) in [5.41, 5.74) is -3.66. The highest BCUT2D eigenvalue weighted by Crippen LogP contribution is 2.41. The van der Waals surface area contributed by atoms with E-state index in [1.165, 1.54) is 50.3 Å². The summed E-state index contributed by atoms with van der Waals surface area (Å²) in [4.78, 5) is 4.14. The third-order valence-electron chi connectivity index (χ3n) is 5.85. The second-order valence-corrected chi connectivity index (χ2v) is 9.02. The summed E-state index contributed by atoms with van der Waals surface area (Å²) in [5.74, 6) is -3.56. The Morgan fingerprint density at radius 3 is 2.11 bits per heavy atom. The Bertz CT molecular complexity index is 1310. The summed E-state index contributed by atoms with van der Waals surface area (Å²) in [6, 6.07) is 9.14. The lowest BCUT2D eigenvalue weighted by Gasteiger charge is -2.27. The summed E-state index contributed by atoms with van der Waals surface area (Å²) >= 11 is 0. The molecule has 0 saturated heterocycles. The molecule has 1 aliphatic rings. The molecule has 10 heteroatoms. The molecule has 0 unspecified atom stereocenters. The van der Waals surface area contributed by atoms with Crippen LogP contribution in [0.15, 0.2) is 79.0 Å². The summed E-state index contributed by atoms with van der Waals surface area (Å²) in [6.45, 7) is 2.72. The van der Waals surface area contributed by atoms with Gasteiger partial charge in [-0.3, -0.25) is 4.57 Å². The second kappa shape index (κ2) is 8.62. The van der Waals surface area contributed by atoms with Crippen LogP contribution in [0.25, 0.3) is 11.4 Å². The van der Waals surface area contributed by atoms with Crippen molar-refractivity contribution in [3.8, 4) is 11.4 Å². The first-order valence-electron chi connectivity index (χ1n) is 10.8. The van der Waals surface area contributed by atoms with E-state index >= 15 is 4.39 Å². The minimum atomic E-state index is -4.75. The van der Waals surface area contributed by atoms with Crippen molar-refractivity contribution < 1.29 is 35.8 Å². The van der Waals surface area contributed by atoms with Gasteiger partial charge in [0.15, 0.2) is 0 Å². The van der Waals surface area contributed by atoms with Gasteiger partial charge in [-0.05, 0) is 43.7 Å². The molecule has 36 heavy (non-hydrogen) atoms. The summed E-state index contributed by atoms with van der Waals surface area (Å²) in [5, 5.41) is 10.4. The monoisotopic (exact) mass is 510 g/mol. The van der Waals surface area contributed by atoms with Crippen molar-refractivity contribution in [3.05, 3.63) is 101 Å². The molecule has 0 radical (unpaired) electrons. The van der Waals surface area contributed by atoms with E-state index in [0.717, 1.165) is 47.2 Å². The maximum atomic E-state index is 16.2. The fourth-order valence-electron chi connectivity index (χ4n) is 3.95. The molecule has 0 spiro atoms. The predicted octanol–water partition coefficient (Wildman–Crippen LogP) is 7.35. The van der Waals surface area contributed by atoms with Crippen molar-refractivity contribution in [2.75, 3.05) is 0 Å². The van der Waals surface area contributed by atoms with Gasteiger partial charge in [-0.15, -0.1) is 0 Å². The number of benzene rings is 2. The maximum absolute atomic E-state index is 16.2. The first kappa shape index (κ1) is 25.7. The van der Waals surface area contributed by atoms with Crippen molar-refractivity contribution in [2.24, 2.45) is 0 Å². The van der Waals surface area contributed by atoms with Crippen molar-refractivity contribution in [2.45, 2.75) is 43.5 Å². The molecule has 1 aromatic heterocycles. The molecule has 4 rings (SSSR count). The Labute approximate surface area is 202 Å². The standard InChI is InChI=1S/C26H21F7N2O/c1-23(2,36)21-15-35(22(34-21)19-8-3-4-9-20(19)26(31,32)33)24(27)12-10-16(11-13-24)17-6-5-7-18(14-17)25(28,29)30/h3-16,36H,1-2H3. The van der Waals surface area contributed by atoms with Crippen molar-refractivity contribution in [3.63, 3.8) is 0 Å². The molecule has 1 aliphatic carbocycles. The van der Waals surface area contributed by atoms with E-state index in [-0.39, 0.29) is 22.6 Å². The first-order chi connectivity index (χ1) is 16.6. The lowest BCUT2D eigenvalue weighted by atomic mass is 9.91. The SMILES string of the molecule is CC(C)(O)c1cn(C2(F)C=CC(c3cccc(C(F)(F)F)c3)C=C2)c(-c2ccccc2C(F)(F)F)n1. The molecule has 0 bridgehead atoms. The van der Waals surface area contributed by atoms with Crippen molar-refractivity contribution >= 4 is 0 Å². The number of aromatic nitrogens is 2. The van der Waals surface area contributed by atoms with E-state index in [4.69, 9.17) is 0 Å². The van der Waals surface area contributed by atoms with Gasteiger partial charge in [0.05, 0.1) is 16.8 Å². The molecule has 2 aromatic carbocycles. The zero-order valence-corrected chi connectivity index (χ0v) is 19.1. The molecule has 1 heterocycles. The molecule has 190 valence electrons. The summed E-state index contributed by atoms with van der Waals surface area (Å²) in [6.07, 6.45) is -3.41. The Hall–Kier alpha value is -3.40. The van der Waals surface area contributed by atoms with E-state index in [0.29, 0.717) is 0 Å². The fourth-order valence-corrected chi connectivity index (χ4v) is 3.95. The smallest absolute Gasteiger partial charge is 0.384 e. The second-order valence-electron chi connectivity index (χ2n) is 9.02. The molecule has 0 aliphatic heterocycles. The summed E-state index contributed by atoms with van der Waals surface area (Å²) < 4.78 is 97.5. The number of rotatable bonds is 4. The predicted molar refractivity (Wildman–Crippen MR) is 119 cm³/mol. The third kappa shape index (κ3) is 4.95. The zero-order chi connectivity index (χ0) is 26.5. The highest BCUT2D eigenvalue weighted by Gasteiger charge is 2.39. The van der Waals surface area contributed by atoms with Crippen LogP contribution in [0.5, 0.6) is 0 Å². The lowest BCUT2D eigenvalue weighted by molar-refractivity contribution is -0.138. The van der Waals surface area contributed by atoms with Crippen LogP contribution in [-0.2, 0) is 23.7 Å². The molecule has 0 amide bonds. The highest BCUT2D eigenvalue weighted by atomic mass is 19.4.